The van der Waals surface area contributed by atoms with Crippen LogP contribution in [0.25, 0.3) is 0 Å². The fraction of sp³-hybridized carbons (Fsp3) is 0.650. The van der Waals surface area contributed by atoms with Crippen LogP contribution in [-0.4, -0.2) is 40.6 Å². The summed E-state index contributed by atoms with van der Waals surface area (Å²) < 4.78 is 25.8. The molecule has 0 radical (unpaired) electrons. The zero-order chi connectivity index (χ0) is 20.2. The second kappa shape index (κ2) is 7.19. The number of anilines is 1. The Bertz CT molecular complexity index is 1070. The molecule has 3 aliphatic rings. The van der Waals surface area contributed by atoms with Crippen LogP contribution in [-0.2, 0) is 35.5 Å². The first kappa shape index (κ1) is 19.2. The number of thiazole rings is 1. The van der Waals surface area contributed by atoms with E-state index in [9.17, 15) is 13.2 Å². The number of fused-ring (bicyclic) bond motifs is 2. The summed E-state index contributed by atoms with van der Waals surface area (Å²) in [5, 5.41) is 8.27. The van der Waals surface area contributed by atoms with Gasteiger partial charge in [0.25, 0.3) is 5.91 Å². The zero-order valence-electron chi connectivity index (χ0n) is 16.6. The highest BCUT2D eigenvalue weighted by molar-refractivity contribution is 7.91. The standard InChI is InChI=1S/C20H26N4O3S2/c1-12-6-7-15-17(10-12)28-20(21-15)22-19(25)18-14-4-2-3-5-16(14)24(23-18)13-8-9-29(26,27)11-13/h12-13H,2-11H2,1H3,(H,21,22,25)/t12-,13+/m1/s1. The van der Waals surface area contributed by atoms with Gasteiger partial charge in [0.05, 0.1) is 23.2 Å². The van der Waals surface area contributed by atoms with Crippen LogP contribution in [0.15, 0.2) is 0 Å². The number of hydrogen-bond donors (Lipinski definition) is 1. The molecule has 9 heteroatoms. The number of carbonyl (C=O) groups is 1. The van der Waals surface area contributed by atoms with Crippen molar-refractivity contribution in [2.45, 2.75) is 64.3 Å². The fourth-order valence-corrected chi connectivity index (χ4v) is 7.69. The van der Waals surface area contributed by atoms with Crippen molar-refractivity contribution in [1.29, 1.82) is 0 Å². The third-order valence-electron chi connectivity index (χ3n) is 6.38. The molecule has 1 saturated heterocycles. The summed E-state index contributed by atoms with van der Waals surface area (Å²) in [6.45, 7) is 2.25. The van der Waals surface area contributed by atoms with Gasteiger partial charge in [0, 0.05) is 16.1 Å². The highest BCUT2D eigenvalue weighted by Crippen LogP contribution is 2.34. The zero-order valence-corrected chi connectivity index (χ0v) is 18.2. The van der Waals surface area contributed by atoms with Gasteiger partial charge in [-0.2, -0.15) is 5.10 Å². The molecule has 0 spiro atoms. The number of carbonyl (C=O) groups excluding carboxylic acids is 1. The van der Waals surface area contributed by atoms with Crippen LogP contribution in [0.5, 0.6) is 0 Å². The fourth-order valence-electron chi connectivity index (χ4n) is 4.83. The van der Waals surface area contributed by atoms with Crippen molar-refractivity contribution in [3.05, 3.63) is 27.5 Å². The Kier molecular flexibility index (Phi) is 4.77. The molecule has 0 aromatic carbocycles. The van der Waals surface area contributed by atoms with E-state index in [1.54, 1.807) is 11.3 Å². The number of amides is 1. The molecule has 1 amide bonds. The molecule has 0 unspecified atom stereocenters. The van der Waals surface area contributed by atoms with Crippen molar-refractivity contribution in [1.82, 2.24) is 14.8 Å². The summed E-state index contributed by atoms with van der Waals surface area (Å²) in [5.41, 5.74) is 3.61. The highest BCUT2D eigenvalue weighted by Gasteiger charge is 2.34. The summed E-state index contributed by atoms with van der Waals surface area (Å²) >= 11 is 1.57. The minimum Gasteiger partial charge on any atom is -0.296 e. The second-order valence-corrected chi connectivity index (χ2v) is 12.0. The van der Waals surface area contributed by atoms with Crippen LogP contribution < -0.4 is 5.32 Å². The van der Waals surface area contributed by atoms with E-state index < -0.39 is 9.84 Å². The van der Waals surface area contributed by atoms with Gasteiger partial charge in [0.2, 0.25) is 0 Å². The molecule has 5 rings (SSSR count). The molecule has 2 aliphatic carbocycles. The van der Waals surface area contributed by atoms with Gasteiger partial charge in [-0.05, 0) is 57.3 Å². The predicted molar refractivity (Wildman–Crippen MR) is 112 cm³/mol. The van der Waals surface area contributed by atoms with E-state index in [-0.39, 0.29) is 23.5 Å². The lowest BCUT2D eigenvalue weighted by Gasteiger charge is -2.17. The number of rotatable bonds is 3. The van der Waals surface area contributed by atoms with Gasteiger partial charge in [-0.15, -0.1) is 11.3 Å². The molecule has 1 aliphatic heterocycles. The summed E-state index contributed by atoms with van der Waals surface area (Å²) in [4.78, 5) is 19.0. The van der Waals surface area contributed by atoms with Crippen molar-refractivity contribution in [2.24, 2.45) is 5.92 Å². The van der Waals surface area contributed by atoms with Crippen molar-refractivity contribution in [2.75, 3.05) is 16.8 Å². The van der Waals surface area contributed by atoms with Crippen molar-refractivity contribution in [3.63, 3.8) is 0 Å². The van der Waals surface area contributed by atoms with Crippen LogP contribution in [0, 0.1) is 5.92 Å². The molecule has 1 fully saturated rings. The molecule has 3 heterocycles. The summed E-state index contributed by atoms with van der Waals surface area (Å²) in [7, 11) is -3.01. The average molecular weight is 435 g/mol. The Hall–Kier alpha value is -1.74. The van der Waals surface area contributed by atoms with Crippen molar-refractivity contribution < 1.29 is 13.2 Å². The van der Waals surface area contributed by atoms with Gasteiger partial charge in [0.1, 0.15) is 0 Å². The number of nitrogens with one attached hydrogen (secondary N) is 1. The summed E-state index contributed by atoms with van der Waals surface area (Å²) in [5.74, 6) is 0.773. The van der Waals surface area contributed by atoms with Gasteiger partial charge < -0.3 is 0 Å². The number of nitrogens with zero attached hydrogens (tertiary/aromatic N) is 3. The Morgan fingerprint density at radius 1 is 1.21 bits per heavy atom. The van der Waals surface area contributed by atoms with Gasteiger partial charge in [-0.25, -0.2) is 13.4 Å². The molecular weight excluding hydrogens is 408 g/mol. The van der Waals surface area contributed by atoms with E-state index in [0.29, 0.717) is 23.2 Å². The summed E-state index contributed by atoms with van der Waals surface area (Å²) in [6.07, 6.45) is 7.49. The van der Waals surface area contributed by atoms with Crippen molar-refractivity contribution >= 4 is 32.2 Å². The van der Waals surface area contributed by atoms with Crippen molar-refractivity contribution in [3.8, 4) is 0 Å². The first-order chi connectivity index (χ1) is 13.9. The lowest BCUT2D eigenvalue weighted by Crippen LogP contribution is -2.17. The Morgan fingerprint density at radius 3 is 2.83 bits per heavy atom. The minimum absolute atomic E-state index is 0.125. The Balaban J connectivity index is 1.43. The second-order valence-electron chi connectivity index (χ2n) is 8.67. The first-order valence-corrected chi connectivity index (χ1v) is 13.1. The third-order valence-corrected chi connectivity index (χ3v) is 9.17. The van der Waals surface area contributed by atoms with E-state index in [1.165, 1.54) is 4.88 Å². The molecule has 29 heavy (non-hydrogen) atoms. The molecule has 0 bridgehead atoms. The van der Waals surface area contributed by atoms with E-state index >= 15 is 0 Å². The first-order valence-electron chi connectivity index (χ1n) is 10.5. The van der Waals surface area contributed by atoms with Crippen LogP contribution in [0.4, 0.5) is 5.13 Å². The SMILES string of the molecule is C[C@@H]1CCc2nc(NC(=O)c3nn([C@H]4CCS(=O)(=O)C4)c4c3CCCC4)sc2C1. The maximum Gasteiger partial charge on any atom is 0.278 e. The maximum absolute atomic E-state index is 13.1. The largest absolute Gasteiger partial charge is 0.296 e. The Morgan fingerprint density at radius 2 is 2.03 bits per heavy atom. The van der Waals surface area contributed by atoms with Gasteiger partial charge in [0.15, 0.2) is 20.7 Å². The smallest absolute Gasteiger partial charge is 0.278 e. The number of sulfone groups is 1. The minimum atomic E-state index is -3.01. The normalized spacial score (nSPS) is 25.4. The molecule has 0 saturated carbocycles. The van der Waals surface area contributed by atoms with E-state index in [1.807, 2.05) is 4.68 Å². The topological polar surface area (TPSA) is 93.9 Å². The molecule has 2 aromatic rings. The number of aryl methyl sites for hydroxylation is 1. The van der Waals surface area contributed by atoms with Crippen LogP contribution in [0.1, 0.15) is 71.0 Å². The number of hydrogen-bond acceptors (Lipinski definition) is 6. The highest BCUT2D eigenvalue weighted by atomic mass is 32.2. The Labute approximate surface area is 174 Å². The molecular formula is C20H26N4O3S2. The third kappa shape index (κ3) is 3.63. The van der Waals surface area contributed by atoms with Crippen LogP contribution in [0.2, 0.25) is 0 Å². The number of aromatic nitrogens is 3. The predicted octanol–water partition coefficient (Wildman–Crippen LogP) is 2.96. The van der Waals surface area contributed by atoms with Crippen LogP contribution >= 0.6 is 11.3 Å². The average Bonchev–Trinajstić information content (AvgIpc) is 3.35. The van der Waals surface area contributed by atoms with E-state index in [0.717, 1.165) is 61.9 Å². The van der Waals surface area contributed by atoms with Crippen LogP contribution in [0.3, 0.4) is 0 Å². The van der Waals surface area contributed by atoms with Gasteiger partial charge in [-0.1, -0.05) is 6.92 Å². The van der Waals surface area contributed by atoms with E-state index in [4.69, 9.17) is 0 Å². The quantitative estimate of drug-likeness (QED) is 0.802. The maximum atomic E-state index is 13.1. The lowest BCUT2D eigenvalue weighted by molar-refractivity contribution is 0.102. The lowest BCUT2D eigenvalue weighted by atomic mass is 9.93. The molecule has 156 valence electrons. The van der Waals surface area contributed by atoms with Gasteiger partial charge in [-0.3, -0.25) is 14.8 Å². The molecule has 2 atom stereocenters. The van der Waals surface area contributed by atoms with Gasteiger partial charge >= 0.3 is 0 Å². The summed E-state index contributed by atoms with van der Waals surface area (Å²) in [6, 6.07) is -0.151. The molecule has 7 nitrogen and oxygen atoms in total. The molecule has 1 N–H and O–H groups in total. The molecule has 2 aromatic heterocycles. The van der Waals surface area contributed by atoms with E-state index in [2.05, 4.69) is 22.3 Å². The monoisotopic (exact) mass is 434 g/mol.